The number of amides is 2. The molecule has 0 aromatic heterocycles. The van der Waals surface area contributed by atoms with Crippen molar-refractivity contribution in [1.82, 2.24) is 5.32 Å². The Morgan fingerprint density at radius 1 is 0.914 bits per heavy atom. The summed E-state index contributed by atoms with van der Waals surface area (Å²) in [5.41, 5.74) is 3.93. The molecular weight excluding hydrogens is 448 g/mol. The second kappa shape index (κ2) is 12.2. The van der Waals surface area contributed by atoms with E-state index in [1.54, 1.807) is 37.3 Å². The molecule has 0 atom stereocenters. The van der Waals surface area contributed by atoms with Gasteiger partial charge >= 0.3 is 6.16 Å². The Morgan fingerprint density at radius 3 is 2.40 bits per heavy atom. The number of carbonyl (C=O) groups is 3. The number of ether oxygens (including phenoxy) is 3. The van der Waals surface area contributed by atoms with Crippen molar-refractivity contribution < 1.29 is 28.6 Å². The molecule has 0 aliphatic carbocycles. The van der Waals surface area contributed by atoms with Crippen LogP contribution < -0.4 is 20.1 Å². The van der Waals surface area contributed by atoms with Gasteiger partial charge in [0.1, 0.15) is 11.5 Å². The molecule has 0 unspecified atom stereocenters. The Morgan fingerprint density at radius 2 is 1.69 bits per heavy atom. The van der Waals surface area contributed by atoms with Crippen molar-refractivity contribution >= 4 is 23.7 Å². The van der Waals surface area contributed by atoms with Gasteiger partial charge < -0.3 is 24.8 Å². The third-order valence-electron chi connectivity index (χ3n) is 4.93. The minimum atomic E-state index is -0.798. The van der Waals surface area contributed by atoms with Crippen molar-refractivity contribution in [3.8, 4) is 11.5 Å². The number of benzene rings is 3. The number of rotatable bonds is 9. The van der Waals surface area contributed by atoms with Gasteiger partial charge in [0.05, 0.1) is 6.61 Å². The molecule has 0 radical (unpaired) electrons. The lowest BCUT2D eigenvalue weighted by molar-refractivity contribution is -0.118. The normalized spacial score (nSPS) is 10.3. The summed E-state index contributed by atoms with van der Waals surface area (Å²) in [6, 6.07) is 19.1. The maximum Gasteiger partial charge on any atom is 0.513 e. The summed E-state index contributed by atoms with van der Waals surface area (Å²) in [7, 11) is 0. The predicted molar refractivity (Wildman–Crippen MR) is 132 cm³/mol. The maximum absolute atomic E-state index is 12.5. The highest BCUT2D eigenvalue weighted by atomic mass is 16.7. The monoisotopic (exact) mass is 476 g/mol. The van der Waals surface area contributed by atoms with E-state index in [4.69, 9.17) is 14.2 Å². The minimum absolute atomic E-state index is 0.110. The standard InChI is InChI=1S/C27H28N2O6/c1-4-33-27(32)35-23-11-9-21(10-12-23)26(31)28-16-20-6-5-7-22(15-20)29-25(30)17-34-24-13-8-18(2)14-19(24)3/h5-15H,4,16-17H2,1-3H3,(H,28,31)(H,29,30). The van der Waals surface area contributed by atoms with Gasteiger partial charge in [0.15, 0.2) is 6.61 Å². The molecule has 0 fully saturated rings. The molecule has 2 amide bonds. The first-order valence-corrected chi connectivity index (χ1v) is 11.2. The molecule has 3 rings (SSSR count). The highest BCUT2D eigenvalue weighted by molar-refractivity contribution is 5.94. The Kier molecular flexibility index (Phi) is 8.83. The van der Waals surface area contributed by atoms with Crippen LogP contribution in [-0.2, 0) is 16.1 Å². The minimum Gasteiger partial charge on any atom is -0.483 e. The van der Waals surface area contributed by atoms with Crippen LogP contribution in [0.25, 0.3) is 0 Å². The largest absolute Gasteiger partial charge is 0.513 e. The van der Waals surface area contributed by atoms with Crippen molar-refractivity contribution in [3.63, 3.8) is 0 Å². The smallest absolute Gasteiger partial charge is 0.483 e. The Hall–Kier alpha value is -4.33. The molecule has 0 aliphatic heterocycles. The lowest BCUT2D eigenvalue weighted by atomic mass is 10.1. The summed E-state index contributed by atoms with van der Waals surface area (Å²) in [5, 5.41) is 5.63. The van der Waals surface area contributed by atoms with Crippen molar-refractivity contribution in [2.45, 2.75) is 27.3 Å². The first kappa shape index (κ1) is 25.3. The van der Waals surface area contributed by atoms with Crippen molar-refractivity contribution in [2.75, 3.05) is 18.5 Å². The molecule has 8 nitrogen and oxygen atoms in total. The molecule has 0 spiro atoms. The van der Waals surface area contributed by atoms with Gasteiger partial charge in [-0.05, 0) is 74.4 Å². The van der Waals surface area contributed by atoms with Gasteiger partial charge in [0.25, 0.3) is 11.8 Å². The molecule has 0 saturated heterocycles. The molecule has 0 aliphatic rings. The van der Waals surface area contributed by atoms with E-state index in [-0.39, 0.29) is 37.3 Å². The zero-order valence-electron chi connectivity index (χ0n) is 19.9. The number of anilines is 1. The van der Waals surface area contributed by atoms with E-state index in [0.29, 0.717) is 17.0 Å². The van der Waals surface area contributed by atoms with Gasteiger partial charge in [-0.25, -0.2) is 4.79 Å². The molecule has 0 bridgehead atoms. The average Bonchev–Trinajstić information content (AvgIpc) is 2.83. The number of hydrogen-bond acceptors (Lipinski definition) is 6. The lowest BCUT2D eigenvalue weighted by Gasteiger charge is -2.11. The first-order chi connectivity index (χ1) is 16.8. The molecule has 3 aromatic rings. The fraction of sp³-hybridized carbons (Fsp3) is 0.222. The summed E-state index contributed by atoms with van der Waals surface area (Å²) in [5.74, 6) is 0.382. The van der Waals surface area contributed by atoms with Crippen LogP contribution in [0.4, 0.5) is 10.5 Å². The van der Waals surface area contributed by atoms with Gasteiger partial charge in [0, 0.05) is 17.8 Å². The van der Waals surface area contributed by atoms with E-state index in [1.165, 1.54) is 12.1 Å². The van der Waals surface area contributed by atoms with E-state index in [2.05, 4.69) is 10.6 Å². The maximum atomic E-state index is 12.5. The fourth-order valence-electron chi connectivity index (χ4n) is 3.26. The van der Waals surface area contributed by atoms with Crippen LogP contribution in [0.2, 0.25) is 0 Å². The summed E-state index contributed by atoms with van der Waals surface area (Å²) in [6.07, 6.45) is -0.798. The third kappa shape index (κ3) is 7.89. The number of carbonyl (C=O) groups excluding carboxylic acids is 3. The summed E-state index contributed by atoms with van der Waals surface area (Å²) in [4.78, 5) is 36.1. The van der Waals surface area contributed by atoms with Crippen LogP contribution in [0.3, 0.4) is 0 Å². The van der Waals surface area contributed by atoms with E-state index in [0.717, 1.165) is 16.7 Å². The van der Waals surface area contributed by atoms with E-state index < -0.39 is 6.16 Å². The van der Waals surface area contributed by atoms with Gasteiger partial charge in [-0.3, -0.25) is 9.59 Å². The number of nitrogens with one attached hydrogen (secondary N) is 2. The fourth-order valence-corrected chi connectivity index (χ4v) is 3.26. The average molecular weight is 477 g/mol. The molecule has 35 heavy (non-hydrogen) atoms. The Labute approximate surface area is 204 Å². The highest BCUT2D eigenvalue weighted by Gasteiger charge is 2.10. The van der Waals surface area contributed by atoms with Crippen molar-refractivity contribution in [3.05, 3.63) is 89.0 Å². The number of aryl methyl sites for hydroxylation is 2. The Bertz CT molecular complexity index is 1190. The summed E-state index contributed by atoms with van der Waals surface area (Å²) in [6.45, 7) is 5.98. The quantitative estimate of drug-likeness (QED) is 0.340. The molecular formula is C27H28N2O6. The molecule has 0 heterocycles. The number of hydrogen-bond donors (Lipinski definition) is 2. The molecule has 8 heteroatoms. The van der Waals surface area contributed by atoms with Crippen LogP contribution in [0.5, 0.6) is 11.5 Å². The zero-order valence-corrected chi connectivity index (χ0v) is 19.9. The van der Waals surface area contributed by atoms with Crippen LogP contribution in [0.1, 0.15) is 34.0 Å². The summed E-state index contributed by atoms with van der Waals surface area (Å²) >= 11 is 0. The van der Waals surface area contributed by atoms with Gasteiger partial charge in [0.2, 0.25) is 0 Å². The second-order valence-electron chi connectivity index (χ2n) is 7.80. The SMILES string of the molecule is CCOC(=O)Oc1ccc(C(=O)NCc2cccc(NC(=O)COc3ccc(C)cc3C)c2)cc1. The van der Waals surface area contributed by atoms with Gasteiger partial charge in [-0.15, -0.1) is 0 Å². The summed E-state index contributed by atoms with van der Waals surface area (Å²) < 4.78 is 15.3. The van der Waals surface area contributed by atoms with Gasteiger partial charge in [-0.1, -0.05) is 29.8 Å². The van der Waals surface area contributed by atoms with Crippen LogP contribution in [0, 0.1) is 13.8 Å². The highest BCUT2D eigenvalue weighted by Crippen LogP contribution is 2.19. The first-order valence-electron chi connectivity index (χ1n) is 11.2. The van der Waals surface area contributed by atoms with E-state index >= 15 is 0 Å². The molecule has 0 saturated carbocycles. The molecule has 3 aromatic carbocycles. The van der Waals surface area contributed by atoms with E-state index in [9.17, 15) is 14.4 Å². The van der Waals surface area contributed by atoms with E-state index in [1.807, 2.05) is 38.1 Å². The third-order valence-corrected chi connectivity index (χ3v) is 4.93. The topological polar surface area (TPSA) is 103 Å². The molecule has 2 N–H and O–H groups in total. The lowest BCUT2D eigenvalue weighted by Crippen LogP contribution is -2.23. The van der Waals surface area contributed by atoms with Crippen molar-refractivity contribution in [1.29, 1.82) is 0 Å². The molecule has 182 valence electrons. The second-order valence-corrected chi connectivity index (χ2v) is 7.80. The van der Waals surface area contributed by atoms with Gasteiger partial charge in [-0.2, -0.15) is 0 Å². The zero-order chi connectivity index (χ0) is 25.2. The van der Waals surface area contributed by atoms with Crippen LogP contribution in [-0.4, -0.2) is 31.2 Å². The van der Waals surface area contributed by atoms with Crippen molar-refractivity contribution in [2.24, 2.45) is 0 Å². The van der Waals surface area contributed by atoms with Crippen LogP contribution >= 0.6 is 0 Å². The Balaban J connectivity index is 1.49. The van der Waals surface area contributed by atoms with Crippen LogP contribution in [0.15, 0.2) is 66.7 Å². The predicted octanol–water partition coefficient (Wildman–Crippen LogP) is 4.79.